The molecule has 4 nitrogen and oxygen atoms in total. The highest BCUT2D eigenvalue weighted by Crippen LogP contribution is 2.47. The molecule has 24 heavy (non-hydrogen) atoms. The molecule has 1 aromatic rings. The molecule has 0 amide bonds. The molecule has 2 rings (SSSR count). The summed E-state index contributed by atoms with van der Waals surface area (Å²) in [5.74, 6) is 0.916. The molecule has 0 atom stereocenters. The van der Waals surface area contributed by atoms with E-state index in [1.165, 1.54) is 31.4 Å². The number of halogens is 1. The average Bonchev–Trinajstić information content (AvgIpc) is 3.39. The van der Waals surface area contributed by atoms with E-state index in [9.17, 15) is 0 Å². The van der Waals surface area contributed by atoms with E-state index >= 15 is 0 Å². The second kappa shape index (κ2) is 10.9. The highest BCUT2D eigenvalue weighted by Gasteiger charge is 2.43. The highest BCUT2D eigenvalue weighted by molar-refractivity contribution is 14.0. The Hall–Kier alpha value is -0.820. The van der Waals surface area contributed by atoms with Crippen LogP contribution in [0, 0.1) is 0 Å². The van der Waals surface area contributed by atoms with E-state index in [2.05, 4.69) is 64.7 Å². The lowest BCUT2D eigenvalue weighted by molar-refractivity contribution is 0.293. The van der Waals surface area contributed by atoms with Crippen molar-refractivity contribution in [1.82, 2.24) is 15.5 Å². The van der Waals surface area contributed by atoms with Gasteiger partial charge in [0.25, 0.3) is 0 Å². The van der Waals surface area contributed by atoms with Crippen molar-refractivity contribution >= 4 is 29.9 Å². The molecule has 0 saturated heterocycles. The van der Waals surface area contributed by atoms with Crippen LogP contribution in [0.25, 0.3) is 0 Å². The van der Waals surface area contributed by atoms with E-state index in [-0.39, 0.29) is 24.0 Å². The molecular weight excluding hydrogens is 411 g/mol. The fraction of sp³-hybridized carbons (Fsp3) is 0.632. The minimum atomic E-state index is 0. The second-order valence-electron chi connectivity index (χ2n) is 6.43. The summed E-state index contributed by atoms with van der Waals surface area (Å²) in [5, 5.41) is 6.96. The van der Waals surface area contributed by atoms with Gasteiger partial charge in [0.1, 0.15) is 0 Å². The summed E-state index contributed by atoms with van der Waals surface area (Å²) in [5.41, 5.74) is 1.76. The number of likely N-dealkylation sites (N-methyl/N-ethyl adjacent to an activating group) is 1. The summed E-state index contributed by atoms with van der Waals surface area (Å²) in [6.45, 7) is 9.69. The van der Waals surface area contributed by atoms with Crippen molar-refractivity contribution in [2.45, 2.75) is 38.5 Å². The third kappa shape index (κ3) is 6.24. The van der Waals surface area contributed by atoms with Gasteiger partial charge in [0, 0.05) is 32.1 Å². The van der Waals surface area contributed by atoms with Crippen LogP contribution in [0.2, 0.25) is 0 Å². The molecule has 1 saturated carbocycles. The highest BCUT2D eigenvalue weighted by atomic mass is 127. The topological polar surface area (TPSA) is 39.7 Å². The molecule has 0 spiro atoms. The first-order chi connectivity index (χ1) is 11.2. The van der Waals surface area contributed by atoms with Crippen LogP contribution in [0.4, 0.5) is 0 Å². The maximum atomic E-state index is 4.36. The van der Waals surface area contributed by atoms with E-state index in [0.29, 0.717) is 5.41 Å². The number of aliphatic imine (C=N–C) groups is 1. The lowest BCUT2D eigenvalue weighted by atomic mass is 9.96. The second-order valence-corrected chi connectivity index (χ2v) is 6.43. The molecule has 136 valence electrons. The van der Waals surface area contributed by atoms with Crippen molar-refractivity contribution < 1.29 is 0 Å². The van der Waals surface area contributed by atoms with Gasteiger partial charge in [-0.25, -0.2) is 0 Å². The van der Waals surface area contributed by atoms with Crippen LogP contribution in [-0.2, 0) is 5.41 Å². The summed E-state index contributed by atoms with van der Waals surface area (Å²) < 4.78 is 0. The van der Waals surface area contributed by atoms with E-state index in [4.69, 9.17) is 0 Å². The van der Waals surface area contributed by atoms with Crippen LogP contribution in [0.1, 0.15) is 38.7 Å². The maximum absolute atomic E-state index is 4.36. The molecule has 0 unspecified atom stereocenters. The van der Waals surface area contributed by atoms with E-state index in [1.807, 2.05) is 7.05 Å². The molecular formula is C19H33IN4. The summed E-state index contributed by atoms with van der Waals surface area (Å²) in [6, 6.07) is 10.8. The molecule has 2 N–H and O–H groups in total. The quantitative estimate of drug-likeness (QED) is 0.349. The minimum absolute atomic E-state index is 0. The normalized spacial score (nSPS) is 15.8. The molecule has 0 heterocycles. The predicted octanol–water partition coefficient (Wildman–Crippen LogP) is 3.23. The Morgan fingerprint density at radius 3 is 2.38 bits per heavy atom. The summed E-state index contributed by atoms with van der Waals surface area (Å²) in [4.78, 5) is 6.82. The van der Waals surface area contributed by atoms with Crippen molar-refractivity contribution in [1.29, 1.82) is 0 Å². The van der Waals surface area contributed by atoms with Gasteiger partial charge in [-0.1, -0.05) is 44.2 Å². The van der Waals surface area contributed by atoms with Gasteiger partial charge in [-0.3, -0.25) is 4.99 Å². The molecule has 1 aliphatic carbocycles. The number of nitrogens with zero attached hydrogens (tertiary/aromatic N) is 2. The lowest BCUT2D eigenvalue weighted by Gasteiger charge is -2.22. The Labute approximate surface area is 164 Å². The average molecular weight is 444 g/mol. The standard InChI is InChI=1S/C19H32N4.HI/c1-4-14-23(5-2)15-13-21-18(20-3)22-16-19(11-12-19)17-9-7-6-8-10-17;/h6-10H,4-5,11-16H2,1-3H3,(H2,20,21,22);1H. The van der Waals surface area contributed by atoms with Crippen molar-refractivity contribution in [3.05, 3.63) is 35.9 Å². The van der Waals surface area contributed by atoms with Gasteiger partial charge in [0.05, 0.1) is 0 Å². The smallest absolute Gasteiger partial charge is 0.191 e. The van der Waals surface area contributed by atoms with Gasteiger partial charge in [0.15, 0.2) is 5.96 Å². The van der Waals surface area contributed by atoms with Gasteiger partial charge in [0.2, 0.25) is 0 Å². The minimum Gasteiger partial charge on any atom is -0.356 e. The van der Waals surface area contributed by atoms with E-state index < -0.39 is 0 Å². The van der Waals surface area contributed by atoms with Crippen LogP contribution in [0.3, 0.4) is 0 Å². The van der Waals surface area contributed by atoms with Gasteiger partial charge >= 0.3 is 0 Å². The monoisotopic (exact) mass is 444 g/mol. The number of guanidine groups is 1. The predicted molar refractivity (Wildman–Crippen MR) is 115 cm³/mol. The van der Waals surface area contributed by atoms with Crippen LogP contribution < -0.4 is 10.6 Å². The molecule has 1 fully saturated rings. The lowest BCUT2D eigenvalue weighted by Crippen LogP contribution is -2.44. The largest absolute Gasteiger partial charge is 0.356 e. The molecule has 0 radical (unpaired) electrons. The van der Waals surface area contributed by atoms with Crippen molar-refractivity contribution in [3.8, 4) is 0 Å². The zero-order valence-corrected chi connectivity index (χ0v) is 17.7. The Balaban J connectivity index is 0.00000288. The van der Waals surface area contributed by atoms with Crippen LogP contribution in [0.5, 0.6) is 0 Å². The zero-order valence-electron chi connectivity index (χ0n) is 15.3. The summed E-state index contributed by atoms with van der Waals surface area (Å²) >= 11 is 0. The number of benzene rings is 1. The van der Waals surface area contributed by atoms with Gasteiger partial charge in [-0.05, 0) is 37.9 Å². The Morgan fingerprint density at radius 1 is 1.12 bits per heavy atom. The maximum Gasteiger partial charge on any atom is 0.191 e. The first-order valence-corrected chi connectivity index (χ1v) is 8.96. The Bertz CT molecular complexity index is 485. The molecule has 1 aliphatic rings. The van der Waals surface area contributed by atoms with Crippen molar-refractivity contribution in [3.63, 3.8) is 0 Å². The van der Waals surface area contributed by atoms with Crippen LogP contribution >= 0.6 is 24.0 Å². The van der Waals surface area contributed by atoms with E-state index in [0.717, 1.165) is 32.1 Å². The third-order valence-corrected chi connectivity index (χ3v) is 4.77. The number of hydrogen-bond acceptors (Lipinski definition) is 2. The first-order valence-electron chi connectivity index (χ1n) is 8.96. The molecule has 5 heteroatoms. The van der Waals surface area contributed by atoms with Gasteiger partial charge in [-0.15, -0.1) is 24.0 Å². The molecule has 0 bridgehead atoms. The van der Waals surface area contributed by atoms with Gasteiger partial charge < -0.3 is 15.5 Å². The fourth-order valence-electron chi connectivity index (χ4n) is 3.06. The van der Waals surface area contributed by atoms with Crippen molar-refractivity contribution in [2.75, 3.05) is 39.8 Å². The Kier molecular flexibility index (Phi) is 9.66. The van der Waals surface area contributed by atoms with E-state index in [1.54, 1.807) is 0 Å². The molecule has 0 aliphatic heterocycles. The van der Waals surface area contributed by atoms with Crippen molar-refractivity contribution in [2.24, 2.45) is 4.99 Å². The SMILES string of the molecule is CCCN(CC)CCNC(=NC)NCC1(c2ccccc2)CC1.I. The fourth-order valence-corrected chi connectivity index (χ4v) is 3.06. The first kappa shape index (κ1) is 21.2. The zero-order chi connectivity index (χ0) is 16.5. The Morgan fingerprint density at radius 2 is 1.83 bits per heavy atom. The number of hydrogen-bond donors (Lipinski definition) is 2. The number of rotatable bonds is 9. The molecule has 1 aromatic carbocycles. The third-order valence-electron chi connectivity index (χ3n) is 4.77. The van der Waals surface area contributed by atoms with Crippen LogP contribution in [-0.4, -0.2) is 50.6 Å². The molecule has 0 aromatic heterocycles. The summed E-state index contributed by atoms with van der Waals surface area (Å²) in [6.07, 6.45) is 3.74. The van der Waals surface area contributed by atoms with Crippen LogP contribution in [0.15, 0.2) is 35.3 Å². The summed E-state index contributed by atoms with van der Waals surface area (Å²) in [7, 11) is 1.85. The number of nitrogens with one attached hydrogen (secondary N) is 2. The van der Waals surface area contributed by atoms with Gasteiger partial charge in [-0.2, -0.15) is 0 Å².